The molecular weight excluding hydrogens is 244 g/mol. The second kappa shape index (κ2) is 4.42. The topological polar surface area (TPSA) is 25.8 Å². The third-order valence-electron chi connectivity index (χ3n) is 3.56. The molecule has 0 aliphatic rings. The van der Waals surface area contributed by atoms with Crippen LogP contribution in [-0.4, -0.2) is 9.97 Å². The molecule has 0 spiro atoms. The molecule has 0 bridgehead atoms. The first-order valence-corrected chi connectivity index (χ1v) is 6.61. The van der Waals surface area contributed by atoms with Gasteiger partial charge in [0.05, 0.1) is 11.0 Å². The molecule has 0 saturated heterocycles. The highest BCUT2D eigenvalue weighted by atomic mass is 14.6. The minimum atomic E-state index is 1.02. The molecule has 0 radical (unpaired) electrons. The van der Waals surface area contributed by atoms with Crippen LogP contribution in [0.15, 0.2) is 73.1 Å². The molecule has 20 heavy (non-hydrogen) atoms. The average molecular weight is 256 g/mol. The third-order valence-corrected chi connectivity index (χ3v) is 3.56. The maximum absolute atomic E-state index is 4.42. The normalized spacial score (nSPS) is 11.0. The van der Waals surface area contributed by atoms with Gasteiger partial charge in [-0.15, -0.1) is 0 Å². The van der Waals surface area contributed by atoms with Crippen LogP contribution in [0, 0.1) is 0 Å². The lowest BCUT2D eigenvalue weighted by Gasteiger charge is -2.07. The molecule has 0 fully saturated rings. The molecule has 0 unspecified atom stereocenters. The molecule has 2 nitrogen and oxygen atoms in total. The van der Waals surface area contributed by atoms with E-state index in [1.807, 2.05) is 30.6 Å². The van der Waals surface area contributed by atoms with Crippen molar-refractivity contribution >= 4 is 21.8 Å². The van der Waals surface area contributed by atoms with Crippen molar-refractivity contribution in [2.45, 2.75) is 0 Å². The Morgan fingerprint density at radius 2 is 1.50 bits per heavy atom. The zero-order valence-corrected chi connectivity index (χ0v) is 10.8. The van der Waals surface area contributed by atoms with E-state index in [0.717, 1.165) is 16.4 Å². The van der Waals surface area contributed by atoms with Gasteiger partial charge in [-0.1, -0.05) is 30.3 Å². The predicted molar refractivity (Wildman–Crippen MR) is 82.5 cm³/mol. The smallest absolute Gasteiger partial charge is 0.0708 e. The van der Waals surface area contributed by atoms with Crippen LogP contribution in [0.4, 0.5) is 0 Å². The molecule has 2 heterocycles. The number of nitrogens with zero attached hydrogens (tertiary/aromatic N) is 2. The van der Waals surface area contributed by atoms with Crippen LogP contribution >= 0.6 is 0 Å². The Kier molecular flexibility index (Phi) is 2.46. The van der Waals surface area contributed by atoms with E-state index in [2.05, 4.69) is 52.4 Å². The standard InChI is InChI=1S/C18H12N2/c1-5-15(16-6-3-11-20-18(16)7-1)13-8-9-17-14(12-13)4-2-10-19-17/h1-12H. The number of pyridine rings is 2. The van der Waals surface area contributed by atoms with E-state index >= 15 is 0 Å². The molecule has 4 rings (SSSR count). The van der Waals surface area contributed by atoms with Gasteiger partial charge in [0.25, 0.3) is 0 Å². The third kappa shape index (κ3) is 1.74. The van der Waals surface area contributed by atoms with Crippen molar-refractivity contribution in [2.75, 3.05) is 0 Å². The Bertz CT molecular complexity index is 908. The zero-order chi connectivity index (χ0) is 13.4. The van der Waals surface area contributed by atoms with E-state index in [1.165, 1.54) is 16.5 Å². The van der Waals surface area contributed by atoms with Gasteiger partial charge in [0.2, 0.25) is 0 Å². The SMILES string of the molecule is c1cnc2ccc(-c3cccc4ncccc34)cc2c1. The summed E-state index contributed by atoms with van der Waals surface area (Å²) >= 11 is 0. The highest BCUT2D eigenvalue weighted by Gasteiger charge is 2.05. The summed E-state index contributed by atoms with van der Waals surface area (Å²) in [6, 6.07) is 20.8. The van der Waals surface area contributed by atoms with Crippen molar-refractivity contribution in [3.63, 3.8) is 0 Å². The lowest BCUT2D eigenvalue weighted by molar-refractivity contribution is 1.41. The van der Waals surface area contributed by atoms with Crippen LogP contribution < -0.4 is 0 Å². The van der Waals surface area contributed by atoms with Crippen molar-refractivity contribution in [2.24, 2.45) is 0 Å². The maximum atomic E-state index is 4.42. The Morgan fingerprint density at radius 1 is 0.650 bits per heavy atom. The van der Waals surface area contributed by atoms with Gasteiger partial charge in [0, 0.05) is 23.2 Å². The van der Waals surface area contributed by atoms with E-state index in [4.69, 9.17) is 0 Å². The lowest BCUT2D eigenvalue weighted by atomic mass is 9.99. The van der Waals surface area contributed by atoms with Gasteiger partial charge >= 0.3 is 0 Å². The Hall–Kier alpha value is -2.74. The van der Waals surface area contributed by atoms with E-state index in [1.54, 1.807) is 0 Å². The van der Waals surface area contributed by atoms with Gasteiger partial charge in [-0.2, -0.15) is 0 Å². The molecular formula is C18H12N2. The summed E-state index contributed by atoms with van der Waals surface area (Å²) < 4.78 is 0. The number of fused-ring (bicyclic) bond motifs is 2. The first kappa shape index (κ1) is 11.1. The van der Waals surface area contributed by atoms with Crippen LogP contribution in [0.2, 0.25) is 0 Å². The summed E-state index contributed by atoms with van der Waals surface area (Å²) in [6.07, 6.45) is 3.65. The van der Waals surface area contributed by atoms with Gasteiger partial charge in [-0.3, -0.25) is 9.97 Å². The van der Waals surface area contributed by atoms with Crippen LogP contribution in [-0.2, 0) is 0 Å². The summed E-state index contributed by atoms with van der Waals surface area (Å²) in [5.74, 6) is 0. The fraction of sp³-hybridized carbons (Fsp3) is 0. The second-order valence-corrected chi connectivity index (χ2v) is 4.79. The van der Waals surface area contributed by atoms with Gasteiger partial charge in [0.15, 0.2) is 0 Å². The fourth-order valence-corrected chi connectivity index (χ4v) is 2.60. The largest absolute Gasteiger partial charge is 0.256 e. The Morgan fingerprint density at radius 3 is 2.45 bits per heavy atom. The van der Waals surface area contributed by atoms with Crippen LogP contribution in [0.5, 0.6) is 0 Å². The van der Waals surface area contributed by atoms with E-state index in [9.17, 15) is 0 Å². The molecule has 94 valence electrons. The monoisotopic (exact) mass is 256 g/mol. The molecule has 2 aromatic heterocycles. The summed E-state index contributed by atoms with van der Waals surface area (Å²) in [5, 5.41) is 2.34. The van der Waals surface area contributed by atoms with Gasteiger partial charge in [0.1, 0.15) is 0 Å². The minimum Gasteiger partial charge on any atom is -0.256 e. The average Bonchev–Trinajstić information content (AvgIpc) is 2.54. The van der Waals surface area contributed by atoms with Gasteiger partial charge < -0.3 is 0 Å². The number of hydrogen-bond donors (Lipinski definition) is 0. The summed E-state index contributed by atoms with van der Waals surface area (Å²) in [5.41, 5.74) is 4.45. The number of rotatable bonds is 1. The zero-order valence-electron chi connectivity index (χ0n) is 10.8. The maximum Gasteiger partial charge on any atom is 0.0708 e. The van der Waals surface area contributed by atoms with E-state index < -0.39 is 0 Å². The van der Waals surface area contributed by atoms with Crippen molar-refractivity contribution < 1.29 is 0 Å². The first-order chi connectivity index (χ1) is 9.92. The van der Waals surface area contributed by atoms with Crippen LogP contribution in [0.1, 0.15) is 0 Å². The first-order valence-electron chi connectivity index (χ1n) is 6.61. The molecule has 0 saturated carbocycles. The Balaban J connectivity index is 2.01. The number of aromatic nitrogens is 2. The van der Waals surface area contributed by atoms with Crippen molar-refractivity contribution in [1.29, 1.82) is 0 Å². The predicted octanol–water partition coefficient (Wildman–Crippen LogP) is 4.45. The molecule has 4 aromatic rings. The summed E-state index contributed by atoms with van der Waals surface area (Å²) in [4.78, 5) is 8.78. The van der Waals surface area contributed by atoms with E-state index in [0.29, 0.717) is 0 Å². The van der Waals surface area contributed by atoms with Crippen LogP contribution in [0.25, 0.3) is 32.9 Å². The molecule has 0 aliphatic carbocycles. The van der Waals surface area contributed by atoms with E-state index in [-0.39, 0.29) is 0 Å². The van der Waals surface area contributed by atoms with Crippen molar-refractivity contribution in [3.8, 4) is 11.1 Å². The molecule has 2 aromatic carbocycles. The highest BCUT2D eigenvalue weighted by Crippen LogP contribution is 2.29. The molecule has 0 atom stereocenters. The quantitative estimate of drug-likeness (QED) is 0.503. The van der Waals surface area contributed by atoms with Crippen molar-refractivity contribution in [3.05, 3.63) is 73.1 Å². The van der Waals surface area contributed by atoms with Gasteiger partial charge in [-0.05, 0) is 41.5 Å². The van der Waals surface area contributed by atoms with Gasteiger partial charge in [-0.25, -0.2) is 0 Å². The number of hydrogen-bond acceptors (Lipinski definition) is 2. The molecule has 0 N–H and O–H groups in total. The Labute approximate surface area is 116 Å². The summed E-state index contributed by atoms with van der Waals surface area (Å²) in [7, 11) is 0. The van der Waals surface area contributed by atoms with Crippen LogP contribution in [0.3, 0.4) is 0 Å². The molecule has 0 amide bonds. The fourth-order valence-electron chi connectivity index (χ4n) is 2.60. The second-order valence-electron chi connectivity index (χ2n) is 4.79. The minimum absolute atomic E-state index is 1.02. The highest BCUT2D eigenvalue weighted by molar-refractivity contribution is 5.96. The number of benzene rings is 2. The molecule has 0 aliphatic heterocycles. The lowest BCUT2D eigenvalue weighted by Crippen LogP contribution is -1.84. The summed E-state index contributed by atoms with van der Waals surface area (Å²) in [6.45, 7) is 0. The molecule has 2 heteroatoms. The van der Waals surface area contributed by atoms with Crippen molar-refractivity contribution in [1.82, 2.24) is 9.97 Å².